The van der Waals surface area contributed by atoms with Gasteiger partial charge in [-0.05, 0) is 39.9 Å². The van der Waals surface area contributed by atoms with E-state index in [0.717, 1.165) is 27.8 Å². The molecule has 25 heavy (non-hydrogen) atoms. The van der Waals surface area contributed by atoms with Gasteiger partial charge in [0.1, 0.15) is 5.75 Å². The fourth-order valence-electron chi connectivity index (χ4n) is 2.82. The van der Waals surface area contributed by atoms with Gasteiger partial charge < -0.3 is 10.1 Å². The molecule has 3 heteroatoms. The van der Waals surface area contributed by atoms with Gasteiger partial charge in [0, 0.05) is 5.69 Å². The topological polar surface area (TPSA) is 38.3 Å². The highest BCUT2D eigenvalue weighted by Crippen LogP contribution is 2.30. The molecule has 0 spiro atoms. The highest BCUT2D eigenvalue weighted by Gasteiger charge is 2.18. The first-order valence-corrected chi connectivity index (χ1v) is 8.44. The van der Waals surface area contributed by atoms with Crippen molar-refractivity contribution in [3.63, 3.8) is 0 Å². The smallest absolute Gasteiger partial charge is 0.262 e. The van der Waals surface area contributed by atoms with Crippen LogP contribution in [0.2, 0.25) is 0 Å². The van der Waals surface area contributed by atoms with Crippen molar-refractivity contribution in [2.75, 3.05) is 11.9 Å². The Labute approximate surface area is 148 Å². The van der Waals surface area contributed by atoms with Crippen LogP contribution in [-0.4, -0.2) is 12.5 Å². The van der Waals surface area contributed by atoms with E-state index in [1.807, 2.05) is 66.7 Å². The van der Waals surface area contributed by atoms with E-state index in [1.54, 1.807) is 0 Å². The summed E-state index contributed by atoms with van der Waals surface area (Å²) in [6.07, 6.45) is 0. The summed E-state index contributed by atoms with van der Waals surface area (Å²) in [5.74, 6) is 0.586. The molecule has 0 aliphatic rings. The molecule has 1 amide bonds. The Hall–Kier alpha value is -2.81. The Morgan fingerprint density at radius 2 is 1.60 bits per heavy atom. The molecule has 128 valence electrons. The number of para-hydroxylation sites is 1. The molecule has 0 saturated carbocycles. The van der Waals surface area contributed by atoms with E-state index in [-0.39, 0.29) is 17.9 Å². The average molecular weight is 333 g/mol. The minimum absolute atomic E-state index is 0.0140. The summed E-state index contributed by atoms with van der Waals surface area (Å²) in [4.78, 5) is 12.2. The maximum absolute atomic E-state index is 12.2. The number of nitrogens with one attached hydrogen (secondary N) is 1. The predicted molar refractivity (Wildman–Crippen MR) is 103 cm³/mol. The lowest BCUT2D eigenvalue weighted by Crippen LogP contribution is -2.21. The van der Waals surface area contributed by atoms with Gasteiger partial charge in [0.05, 0.1) is 0 Å². The number of hydrogen-bond donors (Lipinski definition) is 1. The summed E-state index contributed by atoms with van der Waals surface area (Å²) in [6.45, 7) is 6.37. The van der Waals surface area contributed by atoms with Gasteiger partial charge in [0.15, 0.2) is 6.61 Å². The van der Waals surface area contributed by atoms with Crippen LogP contribution >= 0.6 is 0 Å². The summed E-state index contributed by atoms with van der Waals surface area (Å²) in [5.41, 5.74) is 1.83. The first-order valence-electron chi connectivity index (χ1n) is 8.44. The monoisotopic (exact) mass is 333 g/mol. The molecule has 0 aliphatic carbocycles. The summed E-state index contributed by atoms with van der Waals surface area (Å²) in [6, 6.07) is 21.8. The van der Waals surface area contributed by atoms with Crippen LogP contribution in [0.4, 0.5) is 5.69 Å². The lowest BCUT2D eigenvalue weighted by molar-refractivity contribution is -0.118. The van der Waals surface area contributed by atoms with Gasteiger partial charge in [-0.25, -0.2) is 0 Å². The molecule has 0 saturated heterocycles. The molecule has 0 atom stereocenters. The van der Waals surface area contributed by atoms with Gasteiger partial charge in [-0.1, -0.05) is 69.3 Å². The van der Waals surface area contributed by atoms with Crippen LogP contribution in [0, 0.1) is 0 Å². The third-order valence-corrected chi connectivity index (χ3v) is 4.09. The highest BCUT2D eigenvalue weighted by atomic mass is 16.5. The van der Waals surface area contributed by atoms with Crippen LogP contribution < -0.4 is 10.1 Å². The molecule has 0 fully saturated rings. The molecule has 1 N–H and O–H groups in total. The van der Waals surface area contributed by atoms with Gasteiger partial charge >= 0.3 is 0 Å². The van der Waals surface area contributed by atoms with Gasteiger partial charge in [-0.2, -0.15) is 0 Å². The third-order valence-electron chi connectivity index (χ3n) is 4.09. The number of carbonyl (C=O) groups is 1. The molecule has 0 aliphatic heterocycles. The largest absolute Gasteiger partial charge is 0.483 e. The standard InChI is InChI=1S/C22H23NO2/c1-22(2,3)19-10-6-7-11-20(19)25-15-21(24)23-18-13-12-16-8-4-5-9-17(16)14-18/h4-14H,15H2,1-3H3,(H,23,24). The maximum Gasteiger partial charge on any atom is 0.262 e. The molecule has 3 aromatic carbocycles. The van der Waals surface area contributed by atoms with Crippen LogP contribution in [0.3, 0.4) is 0 Å². The zero-order chi connectivity index (χ0) is 17.9. The van der Waals surface area contributed by atoms with Gasteiger partial charge in [0.25, 0.3) is 5.91 Å². The lowest BCUT2D eigenvalue weighted by Gasteiger charge is -2.22. The zero-order valence-corrected chi connectivity index (χ0v) is 14.9. The van der Waals surface area contributed by atoms with E-state index in [4.69, 9.17) is 4.74 Å². The van der Waals surface area contributed by atoms with E-state index in [0.29, 0.717) is 0 Å². The van der Waals surface area contributed by atoms with E-state index in [1.165, 1.54) is 0 Å². The average Bonchev–Trinajstić information content (AvgIpc) is 2.59. The van der Waals surface area contributed by atoms with Crippen molar-refractivity contribution in [3.8, 4) is 5.75 Å². The fourth-order valence-corrected chi connectivity index (χ4v) is 2.82. The van der Waals surface area contributed by atoms with Gasteiger partial charge in [-0.15, -0.1) is 0 Å². The van der Waals surface area contributed by atoms with Gasteiger partial charge in [-0.3, -0.25) is 4.79 Å². The normalized spacial score (nSPS) is 11.3. The summed E-state index contributed by atoms with van der Waals surface area (Å²) >= 11 is 0. The Balaban J connectivity index is 1.67. The molecule has 3 aromatic rings. The van der Waals surface area contributed by atoms with Crippen molar-refractivity contribution >= 4 is 22.4 Å². The molecular formula is C22H23NO2. The molecule has 3 rings (SSSR count). The molecule has 0 bridgehead atoms. The van der Waals surface area contributed by atoms with Crippen LogP contribution in [-0.2, 0) is 10.2 Å². The Morgan fingerprint density at radius 3 is 2.36 bits per heavy atom. The van der Waals surface area contributed by atoms with Crippen LogP contribution in [0.5, 0.6) is 5.75 Å². The van der Waals surface area contributed by atoms with E-state index < -0.39 is 0 Å². The quantitative estimate of drug-likeness (QED) is 0.716. The lowest BCUT2D eigenvalue weighted by atomic mass is 9.86. The molecule has 0 unspecified atom stereocenters. The number of anilines is 1. The van der Waals surface area contributed by atoms with E-state index in [2.05, 4.69) is 26.1 Å². The maximum atomic E-state index is 12.2. The number of carbonyl (C=O) groups excluding carboxylic acids is 1. The second-order valence-electron chi connectivity index (χ2n) is 7.14. The fraction of sp³-hybridized carbons (Fsp3) is 0.227. The molecule has 0 heterocycles. The molecular weight excluding hydrogens is 310 g/mol. The van der Waals surface area contributed by atoms with Crippen molar-refractivity contribution in [2.24, 2.45) is 0 Å². The Kier molecular flexibility index (Phi) is 4.75. The number of fused-ring (bicyclic) bond motifs is 1. The van der Waals surface area contributed by atoms with Crippen molar-refractivity contribution in [3.05, 3.63) is 72.3 Å². The molecule has 3 nitrogen and oxygen atoms in total. The second kappa shape index (κ2) is 6.98. The first-order chi connectivity index (χ1) is 11.9. The molecule has 0 aromatic heterocycles. The van der Waals surface area contributed by atoms with Crippen LogP contribution in [0.1, 0.15) is 26.3 Å². The number of benzene rings is 3. The van der Waals surface area contributed by atoms with E-state index >= 15 is 0 Å². The van der Waals surface area contributed by atoms with Gasteiger partial charge in [0.2, 0.25) is 0 Å². The number of amides is 1. The van der Waals surface area contributed by atoms with Crippen molar-refractivity contribution in [1.29, 1.82) is 0 Å². The second-order valence-corrected chi connectivity index (χ2v) is 7.14. The van der Waals surface area contributed by atoms with Crippen LogP contribution in [0.25, 0.3) is 10.8 Å². The highest BCUT2D eigenvalue weighted by molar-refractivity contribution is 5.95. The van der Waals surface area contributed by atoms with Crippen molar-refractivity contribution in [1.82, 2.24) is 0 Å². The van der Waals surface area contributed by atoms with Crippen LogP contribution in [0.15, 0.2) is 66.7 Å². The predicted octanol–water partition coefficient (Wildman–Crippen LogP) is 5.15. The minimum atomic E-state index is -0.168. The number of ether oxygens (including phenoxy) is 1. The minimum Gasteiger partial charge on any atom is -0.483 e. The third kappa shape index (κ3) is 4.18. The number of hydrogen-bond acceptors (Lipinski definition) is 2. The zero-order valence-electron chi connectivity index (χ0n) is 14.9. The summed E-state index contributed by atoms with van der Waals surface area (Å²) < 4.78 is 5.77. The molecule has 0 radical (unpaired) electrons. The number of rotatable bonds is 4. The summed E-state index contributed by atoms with van der Waals surface area (Å²) in [5, 5.41) is 5.14. The van der Waals surface area contributed by atoms with E-state index in [9.17, 15) is 4.79 Å². The summed E-state index contributed by atoms with van der Waals surface area (Å²) in [7, 11) is 0. The Bertz CT molecular complexity index is 894. The SMILES string of the molecule is CC(C)(C)c1ccccc1OCC(=O)Nc1ccc2ccccc2c1. The van der Waals surface area contributed by atoms with Crippen molar-refractivity contribution in [2.45, 2.75) is 26.2 Å². The first kappa shape index (κ1) is 17.0. The van der Waals surface area contributed by atoms with Crippen molar-refractivity contribution < 1.29 is 9.53 Å². The Morgan fingerprint density at radius 1 is 0.920 bits per heavy atom.